The van der Waals surface area contributed by atoms with Gasteiger partial charge in [-0.15, -0.1) is 0 Å². The van der Waals surface area contributed by atoms with E-state index in [0.29, 0.717) is 0 Å². The summed E-state index contributed by atoms with van der Waals surface area (Å²) in [6, 6.07) is 9.31. The van der Waals surface area contributed by atoms with Gasteiger partial charge in [-0.25, -0.2) is 4.79 Å². The Balaban J connectivity index is 2.34. The number of rotatable bonds is 8. The summed E-state index contributed by atoms with van der Waals surface area (Å²) in [5.41, 5.74) is 0.888. The zero-order valence-electron chi connectivity index (χ0n) is 11.2. The predicted octanol–water partition coefficient (Wildman–Crippen LogP) is 3.00. The molecule has 0 aromatic heterocycles. The maximum atomic E-state index is 11.9. The van der Waals surface area contributed by atoms with Crippen LogP contribution in [0.15, 0.2) is 30.3 Å². The highest BCUT2D eigenvalue weighted by Crippen LogP contribution is 2.47. The molecule has 0 spiro atoms. The lowest BCUT2D eigenvalue weighted by Crippen LogP contribution is -2.13. The Morgan fingerprint density at radius 3 is 2.42 bits per heavy atom. The van der Waals surface area contributed by atoms with Crippen molar-refractivity contribution in [3.63, 3.8) is 0 Å². The van der Waals surface area contributed by atoms with Crippen molar-refractivity contribution in [1.82, 2.24) is 0 Å². The van der Waals surface area contributed by atoms with Crippen LogP contribution in [-0.2, 0) is 29.8 Å². The van der Waals surface area contributed by atoms with Crippen LogP contribution in [0.5, 0.6) is 0 Å². The highest BCUT2D eigenvalue weighted by Gasteiger charge is 2.22. The minimum absolute atomic E-state index is 0.175. The quantitative estimate of drug-likeness (QED) is 0.543. The maximum Gasteiger partial charge on any atom is 0.333 e. The van der Waals surface area contributed by atoms with Gasteiger partial charge in [-0.1, -0.05) is 37.3 Å². The number of benzene rings is 1. The van der Waals surface area contributed by atoms with E-state index in [4.69, 9.17) is 13.8 Å². The van der Waals surface area contributed by atoms with Crippen LogP contribution in [0.25, 0.3) is 0 Å². The third kappa shape index (κ3) is 6.01. The molecule has 0 saturated heterocycles. The lowest BCUT2D eigenvalue weighted by atomic mass is 10.2. The number of carbonyl (C=O) groups is 1. The van der Waals surface area contributed by atoms with Crippen molar-refractivity contribution >= 4 is 13.6 Å². The first kappa shape index (κ1) is 15.9. The van der Waals surface area contributed by atoms with Gasteiger partial charge in [-0.2, -0.15) is 0 Å². The topological polar surface area (TPSA) is 61.8 Å². The molecule has 0 fully saturated rings. The molecule has 5 nitrogen and oxygen atoms in total. The molecular weight excluding hydrogens is 267 g/mol. The molecule has 0 heterocycles. The molecule has 0 amide bonds. The second-order valence-electron chi connectivity index (χ2n) is 3.76. The van der Waals surface area contributed by atoms with Crippen molar-refractivity contribution in [1.29, 1.82) is 0 Å². The van der Waals surface area contributed by atoms with E-state index in [-0.39, 0.29) is 26.0 Å². The third-order valence-electron chi connectivity index (χ3n) is 2.33. The average Bonchev–Trinajstić information content (AvgIpc) is 2.44. The molecule has 0 radical (unpaired) electrons. The van der Waals surface area contributed by atoms with Crippen molar-refractivity contribution in [3.05, 3.63) is 35.9 Å². The fraction of sp³-hybridized carbons (Fsp3) is 0.462. The summed E-state index contributed by atoms with van der Waals surface area (Å²) in [7, 11) is -3.15. The molecule has 0 aliphatic heterocycles. The van der Waals surface area contributed by atoms with Crippen molar-refractivity contribution in [3.8, 4) is 0 Å². The Labute approximate surface area is 113 Å². The van der Waals surface area contributed by atoms with Gasteiger partial charge < -0.3 is 9.26 Å². The van der Waals surface area contributed by atoms with E-state index in [1.165, 1.54) is 0 Å². The molecule has 1 atom stereocenters. The fourth-order valence-electron chi connectivity index (χ4n) is 1.35. The third-order valence-corrected chi connectivity index (χ3v) is 4.28. The van der Waals surface area contributed by atoms with E-state index in [0.717, 1.165) is 5.56 Å². The van der Waals surface area contributed by atoms with E-state index in [9.17, 15) is 9.36 Å². The minimum atomic E-state index is -3.15. The van der Waals surface area contributed by atoms with Gasteiger partial charge in [0.1, 0.15) is 6.61 Å². The van der Waals surface area contributed by atoms with Gasteiger partial charge in [0.05, 0.1) is 6.61 Å². The first-order chi connectivity index (χ1) is 9.09. The molecule has 0 aliphatic rings. The molecule has 1 rings (SSSR count). The van der Waals surface area contributed by atoms with Crippen LogP contribution in [0.3, 0.4) is 0 Å². The first-order valence-electron chi connectivity index (χ1n) is 6.17. The summed E-state index contributed by atoms with van der Waals surface area (Å²) < 4.78 is 27.0. The largest absolute Gasteiger partial charge is 0.459 e. The first-order valence-corrected chi connectivity index (χ1v) is 7.90. The monoisotopic (exact) mass is 286 g/mol. The zero-order valence-corrected chi connectivity index (χ0v) is 12.1. The maximum absolute atomic E-state index is 11.9. The van der Waals surface area contributed by atoms with Crippen LogP contribution >= 0.6 is 7.60 Å². The number of ether oxygens (including phenoxy) is 1. The lowest BCUT2D eigenvalue weighted by molar-refractivity contribution is -0.147. The summed E-state index contributed by atoms with van der Waals surface area (Å²) in [5.74, 6) is -0.558. The number of hydrogen-bond donors (Lipinski definition) is 0. The summed E-state index contributed by atoms with van der Waals surface area (Å²) >= 11 is 0. The minimum Gasteiger partial charge on any atom is -0.459 e. The molecule has 1 unspecified atom stereocenters. The summed E-state index contributed by atoms with van der Waals surface area (Å²) in [5, 5.41) is 0. The standard InChI is InChI=1S/C13H19O5P/c1-3-17-19(15,4-2)18-11-13(14)16-10-12-8-6-5-7-9-12/h5-9H,3-4,10-11H2,1-2H3. The van der Waals surface area contributed by atoms with Crippen molar-refractivity contribution in [2.75, 3.05) is 19.4 Å². The molecule has 19 heavy (non-hydrogen) atoms. The Hall–Kier alpha value is -1.16. The van der Waals surface area contributed by atoms with Gasteiger partial charge in [-0.3, -0.25) is 9.09 Å². The number of carbonyl (C=O) groups excluding carboxylic acids is 1. The number of esters is 1. The molecule has 1 aromatic carbocycles. The van der Waals surface area contributed by atoms with Crippen LogP contribution in [0.4, 0.5) is 0 Å². The molecule has 0 saturated carbocycles. The van der Waals surface area contributed by atoms with Crippen LogP contribution in [0.1, 0.15) is 19.4 Å². The highest BCUT2D eigenvalue weighted by atomic mass is 31.2. The van der Waals surface area contributed by atoms with Gasteiger partial charge in [-0.05, 0) is 12.5 Å². The average molecular weight is 286 g/mol. The van der Waals surface area contributed by atoms with E-state index in [1.807, 2.05) is 30.3 Å². The van der Waals surface area contributed by atoms with Gasteiger partial charge in [0.25, 0.3) is 0 Å². The van der Waals surface area contributed by atoms with Crippen LogP contribution in [-0.4, -0.2) is 25.3 Å². The van der Waals surface area contributed by atoms with E-state index in [2.05, 4.69) is 0 Å². The molecule has 0 bridgehead atoms. The Morgan fingerprint density at radius 1 is 1.16 bits per heavy atom. The van der Waals surface area contributed by atoms with Crippen molar-refractivity contribution in [2.45, 2.75) is 20.5 Å². The van der Waals surface area contributed by atoms with Crippen LogP contribution < -0.4 is 0 Å². The van der Waals surface area contributed by atoms with Gasteiger partial charge in [0.2, 0.25) is 0 Å². The molecule has 1 aromatic rings. The van der Waals surface area contributed by atoms with E-state index in [1.54, 1.807) is 13.8 Å². The molecule has 6 heteroatoms. The van der Waals surface area contributed by atoms with E-state index >= 15 is 0 Å². The Morgan fingerprint density at radius 2 is 1.84 bits per heavy atom. The molecule has 0 aliphatic carbocycles. The molecular formula is C13H19O5P. The summed E-state index contributed by atoms with van der Waals surface area (Å²) in [6.07, 6.45) is 0.229. The summed E-state index contributed by atoms with van der Waals surface area (Å²) in [6.45, 7) is 3.50. The van der Waals surface area contributed by atoms with E-state index < -0.39 is 13.6 Å². The van der Waals surface area contributed by atoms with Crippen LogP contribution in [0, 0.1) is 0 Å². The highest BCUT2D eigenvalue weighted by molar-refractivity contribution is 7.53. The smallest absolute Gasteiger partial charge is 0.333 e. The van der Waals surface area contributed by atoms with Gasteiger partial charge >= 0.3 is 13.6 Å². The predicted molar refractivity (Wildman–Crippen MR) is 72.0 cm³/mol. The van der Waals surface area contributed by atoms with Crippen molar-refractivity contribution < 1.29 is 23.1 Å². The number of hydrogen-bond acceptors (Lipinski definition) is 5. The SMILES string of the molecule is CCOP(=O)(CC)OCC(=O)OCc1ccccc1. The fourth-order valence-corrected chi connectivity index (χ4v) is 2.48. The summed E-state index contributed by atoms with van der Waals surface area (Å²) in [4.78, 5) is 11.5. The molecule has 106 valence electrons. The molecule has 0 N–H and O–H groups in total. The van der Waals surface area contributed by atoms with Gasteiger partial charge in [0.15, 0.2) is 6.61 Å². The Bertz CT molecular complexity index is 432. The zero-order chi connectivity index (χ0) is 14.1. The normalized spacial score (nSPS) is 13.8. The Kier molecular flexibility index (Phi) is 6.78. The van der Waals surface area contributed by atoms with Crippen LogP contribution in [0.2, 0.25) is 0 Å². The lowest BCUT2D eigenvalue weighted by Gasteiger charge is -2.15. The second kappa shape index (κ2) is 8.10. The van der Waals surface area contributed by atoms with Crippen molar-refractivity contribution in [2.24, 2.45) is 0 Å². The van der Waals surface area contributed by atoms with Gasteiger partial charge in [0, 0.05) is 6.16 Å². The second-order valence-corrected chi connectivity index (χ2v) is 6.14.